The second kappa shape index (κ2) is 7.46. The van der Waals surface area contributed by atoms with Crippen molar-refractivity contribution in [3.8, 4) is 0 Å². The zero-order valence-electron chi connectivity index (χ0n) is 10.2. The Balaban J connectivity index is 2.41. The highest BCUT2D eigenvalue weighted by Crippen LogP contribution is 2.10. The molecule has 5 heteroatoms. The van der Waals surface area contributed by atoms with E-state index in [1.807, 2.05) is 9.80 Å². The normalized spacial score (nSPS) is 15.5. The standard InChI is InChI=1S/C11H23N3O2/c1-16-10-9-14(8-4-5-12)11(15)13-6-2-3-7-13/h2-10,12H2,1H3. The van der Waals surface area contributed by atoms with Crippen molar-refractivity contribution in [2.45, 2.75) is 19.3 Å². The topological polar surface area (TPSA) is 58.8 Å². The summed E-state index contributed by atoms with van der Waals surface area (Å²) in [5.74, 6) is 0. The number of methoxy groups -OCH3 is 1. The maximum atomic E-state index is 12.1. The van der Waals surface area contributed by atoms with Gasteiger partial charge in [-0.1, -0.05) is 0 Å². The van der Waals surface area contributed by atoms with Crippen molar-refractivity contribution in [1.82, 2.24) is 9.80 Å². The van der Waals surface area contributed by atoms with Gasteiger partial charge in [0.15, 0.2) is 0 Å². The molecule has 5 nitrogen and oxygen atoms in total. The molecule has 0 aromatic carbocycles. The minimum absolute atomic E-state index is 0.142. The molecule has 1 saturated heterocycles. The smallest absolute Gasteiger partial charge is 0.320 e. The predicted molar refractivity (Wildman–Crippen MR) is 63.3 cm³/mol. The number of urea groups is 1. The van der Waals surface area contributed by atoms with Crippen LogP contribution in [0.4, 0.5) is 4.79 Å². The molecule has 0 aromatic rings. The summed E-state index contributed by atoms with van der Waals surface area (Å²) in [6, 6.07) is 0.142. The monoisotopic (exact) mass is 229 g/mol. The largest absolute Gasteiger partial charge is 0.383 e. The number of hydrogen-bond donors (Lipinski definition) is 1. The molecule has 16 heavy (non-hydrogen) atoms. The molecule has 0 radical (unpaired) electrons. The summed E-state index contributed by atoms with van der Waals surface area (Å²) in [5.41, 5.74) is 5.48. The van der Waals surface area contributed by atoms with E-state index >= 15 is 0 Å². The van der Waals surface area contributed by atoms with Crippen LogP contribution in [0.2, 0.25) is 0 Å². The fraction of sp³-hybridized carbons (Fsp3) is 0.909. The Bertz CT molecular complexity index is 197. The second-order valence-corrected chi connectivity index (χ2v) is 4.10. The van der Waals surface area contributed by atoms with Crippen LogP contribution >= 0.6 is 0 Å². The summed E-state index contributed by atoms with van der Waals surface area (Å²) in [5, 5.41) is 0. The molecule has 1 fully saturated rings. The second-order valence-electron chi connectivity index (χ2n) is 4.10. The number of nitrogens with two attached hydrogens (primary N) is 1. The van der Waals surface area contributed by atoms with E-state index in [1.54, 1.807) is 7.11 Å². The van der Waals surface area contributed by atoms with Gasteiger partial charge >= 0.3 is 6.03 Å². The molecule has 94 valence electrons. The van der Waals surface area contributed by atoms with E-state index in [0.717, 1.165) is 38.9 Å². The number of likely N-dealkylation sites (tertiary alicyclic amines) is 1. The van der Waals surface area contributed by atoms with E-state index < -0.39 is 0 Å². The van der Waals surface area contributed by atoms with Crippen LogP contribution in [-0.4, -0.2) is 62.3 Å². The first kappa shape index (κ1) is 13.3. The first-order valence-electron chi connectivity index (χ1n) is 6.02. The lowest BCUT2D eigenvalue weighted by atomic mass is 10.4. The molecule has 1 heterocycles. The Morgan fingerprint density at radius 3 is 2.62 bits per heavy atom. The van der Waals surface area contributed by atoms with Crippen molar-refractivity contribution in [3.63, 3.8) is 0 Å². The first-order valence-corrected chi connectivity index (χ1v) is 6.02. The van der Waals surface area contributed by atoms with Crippen LogP contribution in [-0.2, 0) is 4.74 Å². The van der Waals surface area contributed by atoms with Crippen LogP contribution in [0.5, 0.6) is 0 Å². The van der Waals surface area contributed by atoms with Crippen molar-refractivity contribution in [1.29, 1.82) is 0 Å². The van der Waals surface area contributed by atoms with Gasteiger partial charge in [-0.2, -0.15) is 0 Å². The summed E-state index contributed by atoms with van der Waals surface area (Å²) in [4.78, 5) is 15.9. The van der Waals surface area contributed by atoms with Crippen LogP contribution < -0.4 is 5.73 Å². The van der Waals surface area contributed by atoms with Gasteiger partial charge in [-0.3, -0.25) is 0 Å². The number of nitrogens with zero attached hydrogens (tertiary/aromatic N) is 2. The SMILES string of the molecule is COCCN(CCCN)C(=O)N1CCCC1. The highest BCUT2D eigenvalue weighted by Gasteiger charge is 2.22. The molecule has 1 aliphatic heterocycles. The molecule has 0 saturated carbocycles. The van der Waals surface area contributed by atoms with Gasteiger partial charge < -0.3 is 20.3 Å². The number of amides is 2. The molecule has 2 amide bonds. The lowest BCUT2D eigenvalue weighted by molar-refractivity contribution is 0.130. The summed E-state index contributed by atoms with van der Waals surface area (Å²) < 4.78 is 5.02. The maximum Gasteiger partial charge on any atom is 0.320 e. The average molecular weight is 229 g/mol. The van der Waals surface area contributed by atoms with Crippen LogP contribution in [0.1, 0.15) is 19.3 Å². The summed E-state index contributed by atoms with van der Waals surface area (Å²) >= 11 is 0. The van der Waals surface area contributed by atoms with Crippen LogP contribution in [0.15, 0.2) is 0 Å². The highest BCUT2D eigenvalue weighted by molar-refractivity contribution is 5.74. The van der Waals surface area contributed by atoms with Crippen LogP contribution in [0, 0.1) is 0 Å². The molecule has 2 N–H and O–H groups in total. The minimum atomic E-state index is 0.142. The number of ether oxygens (including phenoxy) is 1. The number of hydrogen-bond acceptors (Lipinski definition) is 3. The third kappa shape index (κ3) is 3.98. The van der Waals surface area contributed by atoms with Gasteiger partial charge in [-0.05, 0) is 25.8 Å². The Morgan fingerprint density at radius 2 is 2.06 bits per heavy atom. The molecule has 0 atom stereocenters. The molecule has 1 aliphatic rings. The van der Waals surface area contributed by atoms with Crippen molar-refractivity contribution < 1.29 is 9.53 Å². The summed E-state index contributed by atoms with van der Waals surface area (Å²) in [7, 11) is 1.65. The van der Waals surface area contributed by atoms with Gasteiger partial charge in [-0.25, -0.2) is 4.79 Å². The van der Waals surface area contributed by atoms with Gasteiger partial charge in [0.25, 0.3) is 0 Å². The zero-order chi connectivity index (χ0) is 11.8. The van der Waals surface area contributed by atoms with Crippen LogP contribution in [0.25, 0.3) is 0 Å². The summed E-state index contributed by atoms with van der Waals surface area (Å²) in [6.07, 6.45) is 3.10. The number of carbonyl (C=O) groups excluding carboxylic acids is 1. The lowest BCUT2D eigenvalue weighted by Gasteiger charge is -2.27. The van der Waals surface area contributed by atoms with E-state index in [9.17, 15) is 4.79 Å². The van der Waals surface area contributed by atoms with Gasteiger partial charge in [0.05, 0.1) is 6.61 Å². The quantitative estimate of drug-likeness (QED) is 0.721. The maximum absolute atomic E-state index is 12.1. The third-order valence-corrected chi connectivity index (χ3v) is 2.84. The van der Waals surface area contributed by atoms with E-state index in [1.165, 1.54) is 0 Å². The van der Waals surface area contributed by atoms with E-state index in [2.05, 4.69) is 0 Å². The van der Waals surface area contributed by atoms with Crippen molar-refractivity contribution in [2.24, 2.45) is 5.73 Å². The molecule has 0 aromatic heterocycles. The molecular formula is C11H23N3O2. The molecule has 0 bridgehead atoms. The predicted octanol–water partition coefficient (Wildman–Crippen LogP) is 0.499. The number of rotatable bonds is 6. The Kier molecular flexibility index (Phi) is 6.18. The Hall–Kier alpha value is -0.810. The third-order valence-electron chi connectivity index (χ3n) is 2.84. The van der Waals surface area contributed by atoms with E-state index in [-0.39, 0.29) is 6.03 Å². The fourth-order valence-corrected chi connectivity index (χ4v) is 1.90. The number of carbonyl (C=O) groups is 1. The van der Waals surface area contributed by atoms with Crippen molar-refractivity contribution >= 4 is 6.03 Å². The van der Waals surface area contributed by atoms with Gasteiger partial charge in [0.2, 0.25) is 0 Å². The molecule has 0 unspecified atom stereocenters. The van der Waals surface area contributed by atoms with Crippen molar-refractivity contribution in [2.75, 3.05) is 46.4 Å². The highest BCUT2D eigenvalue weighted by atomic mass is 16.5. The molecular weight excluding hydrogens is 206 g/mol. The van der Waals surface area contributed by atoms with Gasteiger partial charge in [0.1, 0.15) is 0 Å². The van der Waals surface area contributed by atoms with Gasteiger partial charge in [0, 0.05) is 33.3 Å². The Morgan fingerprint density at radius 1 is 1.38 bits per heavy atom. The Labute approximate surface area is 97.5 Å². The van der Waals surface area contributed by atoms with Crippen LogP contribution in [0.3, 0.4) is 0 Å². The van der Waals surface area contributed by atoms with E-state index in [0.29, 0.717) is 19.7 Å². The van der Waals surface area contributed by atoms with Gasteiger partial charge in [-0.15, -0.1) is 0 Å². The molecule has 0 spiro atoms. The fourth-order valence-electron chi connectivity index (χ4n) is 1.90. The lowest BCUT2D eigenvalue weighted by Crippen LogP contribution is -2.44. The van der Waals surface area contributed by atoms with E-state index in [4.69, 9.17) is 10.5 Å². The first-order chi connectivity index (χ1) is 7.79. The summed E-state index contributed by atoms with van der Waals surface area (Å²) in [6.45, 7) is 4.39. The average Bonchev–Trinajstić information content (AvgIpc) is 2.82. The van der Waals surface area contributed by atoms with Crippen molar-refractivity contribution in [3.05, 3.63) is 0 Å². The zero-order valence-corrected chi connectivity index (χ0v) is 10.2. The molecule has 0 aliphatic carbocycles. The minimum Gasteiger partial charge on any atom is -0.383 e. The molecule has 1 rings (SSSR count).